The number of aryl methyl sites for hydroxylation is 2. The van der Waals surface area contributed by atoms with Gasteiger partial charge < -0.3 is 14.6 Å². The first-order chi connectivity index (χ1) is 13.1. The Morgan fingerprint density at radius 2 is 2.19 bits per heavy atom. The minimum atomic E-state index is -0.203. The lowest BCUT2D eigenvalue weighted by Gasteiger charge is -2.50. The Hall–Kier alpha value is -2.18. The van der Waals surface area contributed by atoms with Crippen LogP contribution in [0, 0.1) is 19.8 Å². The first-order valence-corrected chi connectivity index (χ1v) is 9.67. The molecule has 1 amide bonds. The largest absolute Gasteiger partial charge is 0.372 e. The molecular weight excluding hydrogens is 342 g/mol. The first kappa shape index (κ1) is 18.2. The van der Waals surface area contributed by atoms with Crippen molar-refractivity contribution in [2.24, 2.45) is 5.92 Å². The van der Waals surface area contributed by atoms with Gasteiger partial charge in [0, 0.05) is 38.9 Å². The Kier molecular flexibility index (Phi) is 5.02. The fourth-order valence-corrected chi connectivity index (χ4v) is 4.36. The van der Waals surface area contributed by atoms with E-state index in [1.54, 1.807) is 6.07 Å². The summed E-state index contributed by atoms with van der Waals surface area (Å²) in [6.45, 7) is 8.69. The van der Waals surface area contributed by atoms with Crippen LogP contribution in [-0.4, -0.2) is 47.8 Å². The van der Waals surface area contributed by atoms with E-state index >= 15 is 0 Å². The number of hydrogen-bond donors (Lipinski definition) is 1. The monoisotopic (exact) mass is 369 g/mol. The smallest absolute Gasteiger partial charge is 0.289 e. The van der Waals surface area contributed by atoms with Crippen LogP contribution in [0.2, 0.25) is 0 Å². The standard InChI is InChI=1S/C21H27N3O3/c1-15-3-4-16(2)17(11-15)12-24-13-21(14-24)18(7-10-26-21)5-8-22-20(25)19-6-9-23-27-19/h3-4,6,9,11,18H,5,7-8,10,12-14H2,1-2H3,(H,22,25)/t18-/m0/s1. The number of hydrogen-bond acceptors (Lipinski definition) is 5. The van der Waals surface area contributed by atoms with Crippen LogP contribution in [-0.2, 0) is 11.3 Å². The van der Waals surface area contributed by atoms with Gasteiger partial charge in [0.15, 0.2) is 0 Å². The number of aromatic nitrogens is 1. The molecule has 0 aliphatic carbocycles. The number of rotatable bonds is 6. The molecule has 0 saturated carbocycles. The van der Waals surface area contributed by atoms with Crippen molar-refractivity contribution in [3.63, 3.8) is 0 Å². The van der Waals surface area contributed by atoms with Gasteiger partial charge in [-0.3, -0.25) is 9.69 Å². The van der Waals surface area contributed by atoms with Crippen LogP contribution in [0.3, 0.4) is 0 Å². The molecule has 2 aromatic rings. The normalized spacial score (nSPS) is 21.3. The van der Waals surface area contributed by atoms with Gasteiger partial charge in [0.05, 0.1) is 11.8 Å². The summed E-state index contributed by atoms with van der Waals surface area (Å²) in [5, 5.41) is 6.49. The second-order valence-corrected chi connectivity index (χ2v) is 7.90. The van der Waals surface area contributed by atoms with E-state index in [-0.39, 0.29) is 17.3 Å². The lowest BCUT2D eigenvalue weighted by atomic mass is 9.78. The number of nitrogens with zero attached hydrogens (tertiary/aromatic N) is 2. The van der Waals surface area contributed by atoms with E-state index in [1.165, 1.54) is 22.9 Å². The molecule has 0 bridgehead atoms. The highest BCUT2D eigenvalue weighted by Gasteiger charge is 2.52. The van der Waals surface area contributed by atoms with Gasteiger partial charge in [-0.05, 0) is 43.7 Å². The van der Waals surface area contributed by atoms with Crippen molar-refractivity contribution in [3.8, 4) is 0 Å². The summed E-state index contributed by atoms with van der Waals surface area (Å²) in [6.07, 6.45) is 3.47. The van der Waals surface area contributed by atoms with Gasteiger partial charge in [0.1, 0.15) is 0 Å². The minimum Gasteiger partial charge on any atom is -0.372 e. The summed E-state index contributed by atoms with van der Waals surface area (Å²) >= 11 is 0. The van der Waals surface area contributed by atoms with Crippen LogP contribution in [0.4, 0.5) is 0 Å². The van der Waals surface area contributed by atoms with Crippen LogP contribution in [0.1, 0.15) is 40.1 Å². The molecule has 0 unspecified atom stereocenters. The molecule has 1 aromatic carbocycles. The average molecular weight is 369 g/mol. The zero-order valence-corrected chi connectivity index (χ0v) is 16.0. The maximum Gasteiger partial charge on any atom is 0.289 e. The second-order valence-electron chi connectivity index (χ2n) is 7.90. The highest BCUT2D eigenvalue weighted by molar-refractivity contribution is 5.91. The van der Waals surface area contributed by atoms with Crippen molar-refractivity contribution in [2.75, 3.05) is 26.2 Å². The van der Waals surface area contributed by atoms with Crippen molar-refractivity contribution >= 4 is 5.91 Å². The van der Waals surface area contributed by atoms with Crippen LogP contribution in [0.15, 0.2) is 35.0 Å². The molecule has 1 N–H and O–H groups in total. The van der Waals surface area contributed by atoms with Gasteiger partial charge in [-0.2, -0.15) is 0 Å². The SMILES string of the molecule is Cc1ccc(C)c(CN2CC3(C2)OCC[C@@H]3CCNC(=O)c2ccno2)c1. The minimum absolute atomic E-state index is 0.0330. The molecule has 2 fully saturated rings. The van der Waals surface area contributed by atoms with Crippen molar-refractivity contribution in [1.82, 2.24) is 15.4 Å². The predicted molar refractivity (Wildman–Crippen MR) is 101 cm³/mol. The molecule has 6 heteroatoms. The number of amides is 1. The van der Waals surface area contributed by atoms with Gasteiger partial charge in [-0.1, -0.05) is 28.9 Å². The molecular formula is C21H27N3O3. The van der Waals surface area contributed by atoms with Gasteiger partial charge in [-0.15, -0.1) is 0 Å². The van der Waals surface area contributed by atoms with Crippen molar-refractivity contribution in [1.29, 1.82) is 0 Å². The van der Waals surface area contributed by atoms with Gasteiger partial charge in [0.25, 0.3) is 5.91 Å². The van der Waals surface area contributed by atoms with E-state index in [1.807, 2.05) is 0 Å². The Morgan fingerprint density at radius 3 is 2.96 bits per heavy atom. The number of carbonyl (C=O) groups is 1. The predicted octanol–water partition coefficient (Wildman–Crippen LogP) is 2.70. The van der Waals surface area contributed by atoms with Crippen molar-refractivity contribution < 1.29 is 14.1 Å². The van der Waals surface area contributed by atoms with Crippen LogP contribution >= 0.6 is 0 Å². The topological polar surface area (TPSA) is 67.6 Å². The maximum absolute atomic E-state index is 12.0. The summed E-state index contributed by atoms with van der Waals surface area (Å²) in [4.78, 5) is 14.4. The number of nitrogens with one attached hydrogen (secondary N) is 1. The van der Waals surface area contributed by atoms with E-state index in [2.05, 4.69) is 47.4 Å². The summed E-state index contributed by atoms with van der Waals surface area (Å²) in [6, 6.07) is 8.23. The highest BCUT2D eigenvalue weighted by atomic mass is 16.5. The fourth-order valence-electron chi connectivity index (χ4n) is 4.36. The number of carbonyl (C=O) groups excluding carboxylic acids is 1. The molecule has 6 nitrogen and oxygen atoms in total. The Morgan fingerprint density at radius 1 is 1.33 bits per heavy atom. The van der Waals surface area contributed by atoms with E-state index in [9.17, 15) is 4.79 Å². The van der Waals surface area contributed by atoms with Crippen LogP contribution in [0.25, 0.3) is 0 Å². The number of likely N-dealkylation sites (tertiary alicyclic amines) is 1. The van der Waals surface area contributed by atoms with E-state index in [0.717, 1.165) is 39.1 Å². The van der Waals surface area contributed by atoms with Crippen molar-refractivity contribution in [3.05, 3.63) is 52.9 Å². The fraction of sp³-hybridized carbons (Fsp3) is 0.524. The van der Waals surface area contributed by atoms with Gasteiger partial charge in [0.2, 0.25) is 5.76 Å². The Balaban J connectivity index is 1.28. The van der Waals surface area contributed by atoms with Crippen molar-refractivity contribution in [2.45, 2.75) is 38.8 Å². The van der Waals surface area contributed by atoms with E-state index in [0.29, 0.717) is 12.5 Å². The summed E-state index contributed by atoms with van der Waals surface area (Å²) in [5.74, 6) is 0.545. The third-order valence-corrected chi connectivity index (χ3v) is 5.92. The van der Waals surface area contributed by atoms with Gasteiger partial charge in [-0.25, -0.2) is 0 Å². The van der Waals surface area contributed by atoms with Crippen LogP contribution < -0.4 is 5.32 Å². The second kappa shape index (κ2) is 7.44. The summed E-state index contributed by atoms with van der Waals surface area (Å²) in [7, 11) is 0. The lowest BCUT2D eigenvalue weighted by molar-refractivity contribution is -0.136. The zero-order valence-electron chi connectivity index (χ0n) is 16.0. The maximum atomic E-state index is 12.0. The molecule has 2 aliphatic heterocycles. The Labute approximate surface area is 159 Å². The first-order valence-electron chi connectivity index (χ1n) is 9.67. The molecule has 144 valence electrons. The molecule has 0 radical (unpaired) electrons. The lowest BCUT2D eigenvalue weighted by Crippen LogP contribution is -2.64. The van der Waals surface area contributed by atoms with E-state index in [4.69, 9.17) is 9.26 Å². The summed E-state index contributed by atoms with van der Waals surface area (Å²) in [5.41, 5.74) is 4.02. The molecule has 4 rings (SSSR count). The van der Waals surface area contributed by atoms with E-state index < -0.39 is 0 Å². The Bertz CT molecular complexity index is 797. The number of ether oxygens (including phenoxy) is 1. The molecule has 1 aromatic heterocycles. The average Bonchev–Trinajstić information content (AvgIpc) is 3.28. The van der Waals surface area contributed by atoms with Crippen LogP contribution in [0.5, 0.6) is 0 Å². The molecule has 27 heavy (non-hydrogen) atoms. The molecule has 3 heterocycles. The van der Waals surface area contributed by atoms with Gasteiger partial charge >= 0.3 is 0 Å². The quantitative estimate of drug-likeness (QED) is 0.848. The molecule has 1 atom stereocenters. The third-order valence-electron chi connectivity index (χ3n) is 5.92. The molecule has 2 aliphatic rings. The zero-order chi connectivity index (χ0) is 18.9. The highest BCUT2D eigenvalue weighted by Crippen LogP contribution is 2.42. The molecule has 2 saturated heterocycles. The number of benzene rings is 1. The summed E-state index contributed by atoms with van der Waals surface area (Å²) < 4.78 is 11.0. The molecule has 1 spiro atoms. The third kappa shape index (κ3) is 3.77.